The Kier molecular flexibility index (Phi) is 6.48. The van der Waals surface area contributed by atoms with Crippen LogP contribution in [0, 0.1) is 0 Å². The van der Waals surface area contributed by atoms with Crippen molar-refractivity contribution < 1.29 is 9.84 Å². The maximum absolute atomic E-state index is 9.94. The highest BCUT2D eigenvalue weighted by atomic mass is 79.9. The molecule has 2 rings (SSSR count). The molecule has 2 atom stereocenters. The van der Waals surface area contributed by atoms with Gasteiger partial charge in [0.05, 0.1) is 0 Å². The van der Waals surface area contributed by atoms with Gasteiger partial charge in [0, 0.05) is 29.6 Å². The highest BCUT2D eigenvalue weighted by molar-refractivity contribution is 9.10. The van der Waals surface area contributed by atoms with Crippen LogP contribution in [0.15, 0.2) is 28.7 Å². The molecular weight excluding hydrogens is 332 g/mol. The molecule has 2 unspecified atom stereocenters. The second-order valence-electron chi connectivity index (χ2n) is 5.83. The van der Waals surface area contributed by atoms with Crippen molar-refractivity contribution in [3.8, 4) is 5.75 Å². The molecule has 118 valence electrons. The molecule has 0 amide bonds. The summed E-state index contributed by atoms with van der Waals surface area (Å²) in [5.41, 5.74) is 0. The Morgan fingerprint density at radius 3 is 2.86 bits per heavy atom. The third-order valence-corrected chi connectivity index (χ3v) is 4.37. The van der Waals surface area contributed by atoms with Crippen molar-refractivity contribution in [1.82, 2.24) is 10.2 Å². The molecule has 0 spiro atoms. The molecular formula is C16H25BrN2O2. The Bertz CT molecular complexity index is 440. The minimum absolute atomic E-state index is 0.302. The van der Waals surface area contributed by atoms with Crippen LogP contribution in [0.25, 0.3) is 0 Å². The van der Waals surface area contributed by atoms with Crippen LogP contribution in [-0.2, 0) is 0 Å². The minimum Gasteiger partial charge on any atom is -0.491 e. The van der Waals surface area contributed by atoms with E-state index < -0.39 is 6.10 Å². The lowest BCUT2D eigenvalue weighted by atomic mass is 10.2. The van der Waals surface area contributed by atoms with Crippen molar-refractivity contribution in [3.63, 3.8) is 0 Å². The zero-order chi connectivity index (χ0) is 15.2. The molecule has 1 aliphatic carbocycles. The smallest absolute Gasteiger partial charge is 0.120 e. The number of aliphatic hydroxyl groups excluding tert-OH is 1. The van der Waals surface area contributed by atoms with Gasteiger partial charge in [-0.25, -0.2) is 0 Å². The molecule has 0 radical (unpaired) electrons. The molecule has 0 saturated heterocycles. The summed E-state index contributed by atoms with van der Waals surface area (Å²) in [6, 6.07) is 8.91. The van der Waals surface area contributed by atoms with E-state index in [9.17, 15) is 5.11 Å². The summed E-state index contributed by atoms with van der Waals surface area (Å²) >= 11 is 3.40. The van der Waals surface area contributed by atoms with Crippen molar-refractivity contribution in [2.45, 2.75) is 38.0 Å². The van der Waals surface area contributed by atoms with Crippen LogP contribution in [0.3, 0.4) is 0 Å². The first-order valence-electron chi connectivity index (χ1n) is 7.55. The van der Waals surface area contributed by atoms with E-state index in [4.69, 9.17) is 4.74 Å². The quantitative estimate of drug-likeness (QED) is 0.712. The summed E-state index contributed by atoms with van der Waals surface area (Å²) < 4.78 is 6.55. The second-order valence-corrected chi connectivity index (χ2v) is 6.74. The molecule has 4 nitrogen and oxygen atoms in total. The number of nitrogens with zero attached hydrogens (tertiary/aromatic N) is 1. The molecule has 1 fully saturated rings. The topological polar surface area (TPSA) is 44.7 Å². The van der Waals surface area contributed by atoms with Crippen molar-refractivity contribution in [3.05, 3.63) is 28.7 Å². The first-order chi connectivity index (χ1) is 10.1. The van der Waals surface area contributed by atoms with Crippen LogP contribution < -0.4 is 10.1 Å². The Balaban J connectivity index is 1.59. The maximum Gasteiger partial charge on any atom is 0.120 e. The van der Waals surface area contributed by atoms with E-state index in [-0.39, 0.29) is 0 Å². The highest BCUT2D eigenvalue weighted by Crippen LogP contribution is 2.26. The summed E-state index contributed by atoms with van der Waals surface area (Å²) in [5, 5.41) is 13.3. The van der Waals surface area contributed by atoms with Gasteiger partial charge in [-0.2, -0.15) is 0 Å². The van der Waals surface area contributed by atoms with Crippen molar-refractivity contribution >= 4 is 15.9 Å². The summed E-state index contributed by atoms with van der Waals surface area (Å²) in [5.74, 6) is 0.769. The molecule has 0 bridgehead atoms. The van der Waals surface area contributed by atoms with Crippen molar-refractivity contribution in [2.24, 2.45) is 0 Å². The fraction of sp³-hybridized carbons (Fsp3) is 0.625. The van der Waals surface area contributed by atoms with Crippen LogP contribution >= 0.6 is 15.9 Å². The lowest BCUT2D eigenvalue weighted by Gasteiger charge is -2.25. The zero-order valence-corrected chi connectivity index (χ0v) is 14.3. The van der Waals surface area contributed by atoms with Crippen molar-refractivity contribution in [2.75, 3.05) is 26.7 Å². The number of likely N-dealkylation sites (N-methyl/N-ethyl adjacent to an activating group) is 1. The van der Waals surface area contributed by atoms with E-state index in [1.807, 2.05) is 24.3 Å². The number of rotatable bonds is 9. The molecule has 1 saturated carbocycles. The normalized spacial score (nSPS) is 17.8. The molecule has 1 aromatic carbocycles. The lowest BCUT2D eigenvalue weighted by molar-refractivity contribution is 0.104. The largest absolute Gasteiger partial charge is 0.491 e. The number of halogens is 1. The van der Waals surface area contributed by atoms with Crippen molar-refractivity contribution in [1.29, 1.82) is 0 Å². The highest BCUT2D eigenvalue weighted by Gasteiger charge is 2.28. The SMILES string of the molecule is CC(CNCC(O)COc1cccc(Br)c1)N(C)C1CC1. The molecule has 1 aromatic rings. The van der Waals surface area contributed by atoms with Crippen LogP contribution in [0.1, 0.15) is 19.8 Å². The van der Waals surface area contributed by atoms with Gasteiger partial charge in [-0.1, -0.05) is 22.0 Å². The molecule has 0 heterocycles. The van der Waals surface area contributed by atoms with Gasteiger partial charge in [-0.05, 0) is 45.0 Å². The Morgan fingerprint density at radius 2 is 2.19 bits per heavy atom. The van der Waals surface area contributed by atoms with E-state index >= 15 is 0 Å². The minimum atomic E-state index is -0.498. The summed E-state index contributed by atoms with van der Waals surface area (Å²) in [6.45, 7) is 3.96. The van der Waals surface area contributed by atoms with E-state index in [2.05, 4.69) is 40.1 Å². The van der Waals surface area contributed by atoms with Gasteiger partial charge in [0.1, 0.15) is 18.5 Å². The average molecular weight is 357 g/mol. The number of benzene rings is 1. The maximum atomic E-state index is 9.94. The van der Waals surface area contributed by atoms with Gasteiger partial charge in [0.2, 0.25) is 0 Å². The first-order valence-corrected chi connectivity index (χ1v) is 8.34. The van der Waals surface area contributed by atoms with E-state index in [0.717, 1.165) is 22.8 Å². The van der Waals surface area contributed by atoms with Crippen LogP contribution in [0.2, 0.25) is 0 Å². The Morgan fingerprint density at radius 1 is 1.43 bits per heavy atom. The van der Waals surface area contributed by atoms with Gasteiger partial charge in [-0.15, -0.1) is 0 Å². The van der Waals surface area contributed by atoms with Crippen LogP contribution in [0.5, 0.6) is 5.75 Å². The summed E-state index contributed by atoms with van der Waals surface area (Å²) in [7, 11) is 2.18. The predicted molar refractivity (Wildman–Crippen MR) is 88.8 cm³/mol. The summed E-state index contributed by atoms with van der Waals surface area (Å²) in [6.07, 6.45) is 2.15. The van der Waals surface area contributed by atoms with E-state index in [0.29, 0.717) is 19.2 Å². The third-order valence-electron chi connectivity index (χ3n) is 3.88. The molecule has 5 heteroatoms. The monoisotopic (exact) mass is 356 g/mol. The molecule has 2 N–H and O–H groups in total. The number of aliphatic hydroxyl groups is 1. The fourth-order valence-corrected chi connectivity index (χ4v) is 2.63. The van der Waals surface area contributed by atoms with Gasteiger partial charge in [0.15, 0.2) is 0 Å². The standard InChI is InChI=1S/C16H25BrN2O2/c1-12(19(2)14-6-7-14)9-18-10-15(20)11-21-16-5-3-4-13(17)8-16/h3-5,8,12,14-15,18,20H,6-7,9-11H2,1-2H3. The first kappa shape index (κ1) is 16.7. The van der Waals surface area contributed by atoms with Crippen LogP contribution in [0.4, 0.5) is 0 Å². The Labute approximate surface area is 135 Å². The predicted octanol–water partition coefficient (Wildman–Crippen LogP) is 2.26. The second kappa shape index (κ2) is 8.13. The molecule has 1 aliphatic rings. The van der Waals surface area contributed by atoms with E-state index in [1.54, 1.807) is 0 Å². The fourth-order valence-electron chi connectivity index (χ4n) is 2.25. The molecule has 21 heavy (non-hydrogen) atoms. The Hall–Kier alpha value is -0.620. The van der Waals surface area contributed by atoms with E-state index in [1.165, 1.54) is 12.8 Å². The zero-order valence-electron chi connectivity index (χ0n) is 12.8. The van der Waals surface area contributed by atoms with Gasteiger partial charge >= 0.3 is 0 Å². The molecule has 0 aromatic heterocycles. The van der Waals surface area contributed by atoms with Gasteiger partial charge < -0.3 is 15.2 Å². The van der Waals surface area contributed by atoms with Gasteiger partial charge in [0.25, 0.3) is 0 Å². The summed E-state index contributed by atoms with van der Waals surface area (Å²) in [4.78, 5) is 2.41. The number of nitrogens with one attached hydrogen (secondary N) is 1. The lowest BCUT2D eigenvalue weighted by Crippen LogP contribution is -2.42. The third kappa shape index (κ3) is 5.94. The molecule has 0 aliphatic heterocycles. The number of hydrogen-bond acceptors (Lipinski definition) is 4. The number of hydrogen-bond donors (Lipinski definition) is 2. The van der Waals surface area contributed by atoms with Crippen LogP contribution in [-0.4, -0.2) is 54.9 Å². The number of ether oxygens (including phenoxy) is 1. The van der Waals surface area contributed by atoms with Gasteiger partial charge in [-0.3, -0.25) is 4.90 Å². The average Bonchev–Trinajstić information content (AvgIpc) is 3.29.